The van der Waals surface area contributed by atoms with E-state index in [2.05, 4.69) is 114 Å². The van der Waals surface area contributed by atoms with Crippen LogP contribution in [0.3, 0.4) is 0 Å². The third-order valence-electron chi connectivity index (χ3n) is 9.99. The summed E-state index contributed by atoms with van der Waals surface area (Å²) in [6.45, 7) is 0. The van der Waals surface area contributed by atoms with Crippen molar-refractivity contribution < 1.29 is 0 Å². The Morgan fingerprint density at radius 3 is 2.27 bits per heavy atom. The number of hydrogen-bond donors (Lipinski definition) is 0. The lowest BCUT2D eigenvalue weighted by Crippen LogP contribution is -2.03. The smallest absolute Gasteiger partial charge is 0.165 e. The second kappa shape index (κ2) is 11.3. The zero-order chi connectivity index (χ0) is 33.5. The summed E-state index contributed by atoms with van der Waals surface area (Å²) >= 11 is 3.61. The molecule has 0 amide bonds. The van der Waals surface area contributed by atoms with Gasteiger partial charge in [0.2, 0.25) is 0 Å². The summed E-state index contributed by atoms with van der Waals surface area (Å²) in [7, 11) is 0. The molecule has 1 aliphatic rings. The molecule has 0 fully saturated rings. The topological polar surface area (TPSA) is 56.5 Å². The maximum Gasteiger partial charge on any atom is 0.165 e. The Labute approximate surface area is 300 Å². The highest BCUT2D eigenvalue weighted by Gasteiger charge is 2.22. The van der Waals surface area contributed by atoms with Crippen LogP contribution in [0.2, 0.25) is 0 Å². The Morgan fingerprint density at radius 1 is 0.569 bits per heavy atom. The second-order valence-electron chi connectivity index (χ2n) is 12.9. The van der Waals surface area contributed by atoms with E-state index in [1.54, 1.807) is 22.7 Å². The van der Waals surface area contributed by atoms with Gasteiger partial charge in [-0.1, -0.05) is 91.0 Å². The van der Waals surface area contributed by atoms with Crippen molar-refractivity contribution in [1.82, 2.24) is 24.5 Å². The number of nitrogens with zero attached hydrogens (tertiary/aromatic N) is 5. The number of allylic oxidation sites excluding steroid dienone is 1. The van der Waals surface area contributed by atoms with Crippen LogP contribution in [-0.4, -0.2) is 24.5 Å². The van der Waals surface area contributed by atoms with Crippen molar-refractivity contribution in [2.75, 3.05) is 0 Å². The molecular weight excluding hydrogens is 663 g/mol. The van der Waals surface area contributed by atoms with Gasteiger partial charge in [0.15, 0.2) is 17.5 Å². The Balaban J connectivity index is 1.13. The van der Waals surface area contributed by atoms with Gasteiger partial charge in [-0.2, -0.15) is 0 Å². The second-order valence-corrected chi connectivity index (χ2v) is 15.1. The Kier molecular flexibility index (Phi) is 6.35. The highest BCUT2D eigenvalue weighted by atomic mass is 32.1. The van der Waals surface area contributed by atoms with Gasteiger partial charge in [0.25, 0.3) is 0 Å². The molecule has 0 aliphatic heterocycles. The minimum Gasteiger partial charge on any atom is -0.298 e. The third kappa shape index (κ3) is 4.45. The van der Waals surface area contributed by atoms with Crippen LogP contribution < -0.4 is 0 Å². The van der Waals surface area contributed by atoms with E-state index in [4.69, 9.17) is 19.9 Å². The lowest BCUT2D eigenvalue weighted by molar-refractivity contribution is 0.883. The highest BCUT2D eigenvalue weighted by Crippen LogP contribution is 2.43. The molecule has 0 saturated carbocycles. The van der Waals surface area contributed by atoms with Crippen LogP contribution >= 0.6 is 22.7 Å². The van der Waals surface area contributed by atoms with Crippen LogP contribution in [-0.2, 0) is 6.42 Å². The fourth-order valence-corrected chi connectivity index (χ4v) is 10.1. The molecular formula is C44H27N5S2. The van der Waals surface area contributed by atoms with Gasteiger partial charge < -0.3 is 0 Å². The average molecular weight is 690 g/mol. The normalized spacial score (nSPS) is 12.9. The molecule has 0 bridgehead atoms. The molecule has 0 saturated heterocycles. The van der Waals surface area contributed by atoms with Gasteiger partial charge in [-0.3, -0.25) is 4.57 Å². The number of rotatable bonds is 4. The summed E-state index contributed by atoms with van der Waals surface area (Å²) in [5.74, 6) is 2.02. The quantitative estimate of drug-likeness (QED) is 0.185. The molecule has 5 aromatic heterocycles. The molecule has 11 rings (SSSR count). The van der Waals surface area contributed by atoms with Crippen molar-refractivity contribution in [3.63, 3.8) is 0 Å². The molecule has 0 unspecified atom stereocenters. The minimum atomic E-state index is 0.665. The molecule has 0 spiro atoms. The maximum atomic E-state index is 5.27. The molecule has 240 valence electrons. The first-order valence-electron chi connectivity index (χ1n) is 17.1. The summed E-state index contributed by atoms with van der Waals surface area (Å²) in [4.78, 5) is 20.4. The fraction of sp³-hybridized carbons (Fsp3) is 0.0455. The molecule has 0 atom stereocenters. The van der Waals surface area contributed by atoms with Crippen LogP contribution in [0.25, 0.3) is 97.3 Å². The van der Waals surface area contributed by atoms with Crippen molar-refractivity contribution in [3.05, 3.63) is 145 Å². The van der Waals surface area contributed by atoms with Crippen molar-refractivity contribution >= 4 is 80.1 Å². The number of aromatic nitrogens is 5. The standard InChI is InChI=1S/C44H27N5S2/c1-2-11-26(12-3-1)41-46-42(33-16-9-21-37-39(33)32-14-5-7-20-36(32)50-37)48-43(47-41)34-17-8-15-30-29-23-22-27(25-38(29)51-40(30)34)49-35-19-6-4-13-28(35)31-18-10-24-45-44(31)49/h1-5,7-18,20-25H,6,19H2. The van der Waals surface area contributed by atoms with Gasteiger partial charge in [0.05, 0.1) is 0 Å². The predicted molar refractivity (Wildman–Crippen MR) is 214 cm³/mol. The zero-order valence-electron chi connectivity index (χ0n) is 27.2. The lowest BCUT2D eigenvalue weighted by atomic mass is 10.0. The summed E-state index contributed by atoms with van der Waals surface area (Å²) < 4.78 is 7.23. The van der Waals surface area contributed by atoms with Crippen LogP contribution in [0, 0.1) is 0 Å². The van der Waals surface area contributed by atoms with E-state index >= 15 is 0 Å². The van der Waals surface area contributed by atoms with Gasteiger partial charge in [0, 0.05) is 85.6 Å². The molecule has 51 heavy (non-hydrogen) atoms. The van der Waals surface area contributed by atoms with E-state index in [-0.39, 0.29) is 0 Å². The number of benzene rings is 5. The molecule has 5 heterocycles. The van der Waals surface area contributed by atoms with E-state index in [1.807, 2.05) is 30.5 Å². The van der Waals surface area contributed by atoms with E-state index in [9.17, 15) is 0 Å². The number of pyridine rings is 1. The first kappa shape index (κ1) is 28.8. The molecule has 10 aromatic rings. The third-order valence-corrected chi connectivity index (χ3v) is 12.3. The van der Waals surface area contributed by atoms with E-state index < -0.39 is 0 Å². The first-order valence-corrected chi connectivity index (χ1v) is 18.7. The highest BCUT2D eigenvalue weighted by molar-refractivity contribution is 7.26. The summed E-state index contributed by atoms with van der Waals surface area (Å²) in [5, 5.41) is 6.04. The monoisotopic (exact) mass is 689 g/mol. The summed E-state index contributed by atoms with van der Waals surface area (Å²) in [6, 6.07) is 42.8. The van der Waals surface area contributed by atoms with Crippen molar-refractivity contribution in [2.45, 2.75) is 12.8 Å². The Hall–Kier alpha value is -6.02. The molecule has 5 aromatic carbocycles. The first-order chi connectivity index (χ1) is 25.3. The molecule has 0 radical (unpaired) electrons. The van der Waals surface area contributed by atoms with Crippen molar-refractivity contribution in [3.8, 4) is 39.9 Å². The van der Waals surface area contributed by atoms with Gasteiger partial charge >= 0.3 is 0 Å². The fourth-order valence-electron chi connectivity index (χ4n) is 7.72. The number of thiophene rings is 2. The van der Waals surface area contributed by atoms with E-state index in [1.165, 1.54) is 57.0 Å². The summed E-state index contributed by atoms with van der Waals surface area (Å²) in [5.41, 5.74) is 7.75. The number of fused-ring (bicyclic) bond motifs is 9. The SMILES string of the molecule is C1=Cc2c(n(-c3ccc4c(c3)sc3c(-c5nc(-c6ccccc6)nc(-c6cccc7sc8ccccc8c67)n5)cccc34)c3ncccc23)CC1. The van der Waals surface area contributed by atoms with E-state index in [0.29, 0.717) is 17.5 Å². The molecule has 5 nitrogen and oxygen atoms in total. The summed E-state index contributed by atoms with van der Waals surface area (Å²) in [6.07, 6.45) is 8.46. The largest absolute Gasteiger partial charge is 0.298 e. The molecule has 7 heteroatoms. The molecule has 1 aliphatic carbocycles. The van der Waals surface area contributed by atoms with Crippen LogP contribution in [0.15, 0.2) is 134 Å². The minimum absolute atomic E-state index is 0.665. The zero-order valence-corrected chi connectivity index (χ0v) is 28.9. The Morgan fingerprint density at radius 2 is 1.33 bits per heavy atom. The van der Waals surface area contributed by atoms with Crippen LogP contribution in [0.5, 0.6) is 0 Å². The van der Waals surface area contributed by atoms with Gasteiger partial charge in [-0.25, -0.2) is 19.9 Å². The number of hydrogen-bond acceptors (Lipinski definition) is 6. The van der Waals surface area contributed by atoms with Gasteiger partial charge in [-0.15, -0.1) is 22.7 Å². The maximum absolute atomic E-state index is 5.27. The van der Waals surface area contributed by atoms with E-state index in [0.717, 1.165) is 40.9 Å². The van der Waals surface area contributed by atoms with Gasteiger partial charge in [0.1, 0.15) is 5.65 Å². The van der Waals surface area contributed by atoms with Crippen molar-refractivity contribution in [1.29, 1.82) is 0 Å². The Bertz CT molecular complexity index is 3040. The van der Waals surface area contributed by atoms with Crippen LogP contribution in [0.1, 0.15) is 17.7 Å². The predicted octanol–water partition coefficient (Wildman–Crippen LogP) is 11.9. The molecule has 0 N–H and O–H groups in total. The van der Waals surface area contributed by atoms with Crippen molar-refractivity contribution in [2.24, 2.45) is 0 Å². The lowest BCUT2D eigenvalue weighted by Gasteiger charge is -2.13. The van der Waals surface area contributed by atoms with Gasteiger partial charge in [-0.05, 0) is 55.3 Å². The van der Waals surface area contributed by atoms with Crippen LogP contribution in [0.4, 0.5) is 0 Å². The average Bonchev–Trinajstić information content (AvgIpc) is 3.87.